The third-order valence-electron chi connectivity index (χ3n) is 3.69. The molecule has 1 N–H and O–H groups in total. The van der Waals surface area contributed by atoms with Crippen LogP contribution in [0.1, 0.15) is 30.9 Å². The Labute approximate surface area is 120 Å². The van der Waals surface area contributed by atoms with Crippen molar-refractivity contribution in [2.45, 2.75) is 39.2 Å². The number of aryl methyl sites for hydroxylation is 1. The number of nitrogens with zero attached hydrogens (tertiary/aromatic N) is 1. The third-order valence-corrected chi connectivity index (χ3v) is 3.69. The molecule has 0 radical (unpaired) electrons. The monoisotopic (exact) mass is 274 g/mol. The van der Waals surface area contributed by atoms with Crippen LogP contribution in [0.2, 0.25) is 0 Å². The molecular formula is C16H22N2O2. The Kier molecular flexibility index (Phi) is 4.77. The molecule has 1 aromatic carbocycles. The maximum atomic E-state index is 12.2. The molecule has 0 aliphatic carbocycles. The highest BCUT2D eigenvalue weighted by Gasteiger charge is 2.23. The molecule has 0 aromatic heterocycles. The molecule has 0 saturated carbocycles. The molecule has 1 fully saturated rings. The first kappa shape index (κ1) is 14.6. The highest BCUT2D eigenvalue weighted by molar-refractivity contribution is 5.79. The van der Waals surface area contributed by atoms with Gasteiger partial charge in [-0.3, -0.25) is 9.59 Å². The Balaban J connectivity index is 1.84. The van der Waals surface area contributed by atoms with Gasteiger partial charge < -0.3 is 10.2 Å². The second-order valence-corrected chi connectivity index (χ2v) is 5.52. The van der Waals surface area contributed by atoms with Gasteiger partial charge in [-0.1, -0.05) is 29.8 Å². The molecule has 20 heavy (non-hydrogen) atoms. The maximum Gasteiger partial charge on any atom is 0.226 e. The predicted octanol–water partition coefficient (Wildman–Crippen LogP) is 1.66. The third kappa shape index (κ3) is 4.08. The van der Waals surface area contributed by atoms with Crippen LogP contribution in [0.15, 0.2) is 24.3 Å². The van der Waals surface area contributed by atoms with Gasteiger partial charge in [-0.2, -0.15) is 0 Å². The number of carbonyl (C=O) groups excluding carboxylic acids is 2. The SMILES string of the molecule is CC(=O)NC1CCN(C(=O)Cc2cccc(C)c2)CC1. The molecule has 0 atom stereocenters. The van der Waals surface area contributed by atoms with Gasteiger partial charge in [-0.15, -0.1) is 0 Å². The number of benzene rings is 1. The Morgan fingerprint density at radius 2 is 2.00 bits per heavy atom. The van der Waals surface area contributed by atoms with Crippen molar-refractivity contribution < 1.29 is 9.59 Å². The Morgan fingerprint density at radius 1 is 1.30 bits per heavy atom. The summed E-state index contributed by atoms with van der Waals surface area (Å²) in [6.07, 6.45) is 2.16. The van der Waals surface area contributed by atoms with Crippen LogP contribution >= 0.6 is 0 Å². The van der Waals surface area contributed by atoms with E-state index in [0.29, 0.717) is 6.42 Å². The molecular weight excluding hydrogens is 252 g/mol. The standard InChI is InChI=1S/C16H22N2O2/c1-12-4-3-5-14(10-12)11-16(20)18-8-6-15(7-9-18)17-13(2)19/h3-5,10,15H,6-9,11H2,1-2H3,(H,17,19). The number of hydrogen-bond acceptors (Lipinski definition) is 2. The molecule has 108 valence electrons. The van der Waals surface area contributed by atoms with E-state index < -0.39 is 0 Å². The van der Waals surface area contributed by atoms with Gasteiger partial charge in [0.25, 0.3) is 0 Å². The van der Waals surface area contributed by atoms with E-state index in [1.807, 2.05) is 30.0 Å². The number of rotatable bonds is 3. The van der Waals surface area contributed by atoms with Crippen molar-refractivity contribution in [2.75, 3.05) is 13.1 Å². The van der Waals surface area contributed by atoms with E-state index in [1.54, 1.807) is 0 Å². The van der Waals surface area contributed by atoms with Crippen LogP contribution in [-0.4, -0.2) is 35.8 Å². The van der Waals surface area contributed by atoms with E-state index in [2.05, 4.69) is 11.4 Å². The fourth-order valence-corrected chi connectivity index (χ4v) is 2.67. The van der Waals surface area contributed by atoms with Crippen molar-refractivity contribution >= 4 is 11.8 Å². The minimum Gasteiger partial charge on any atom is -0.353 e. The molecule has 1 aliphatic heterocycles. The van der Waals surface area contributed by atoms with Gasteiger partial charge in [0.1, 0.15) is 0 Å². The van der Waals surface area contributed by atoms with Gasteiger partial charge in [0.05, 0.1) is 6.42 Å². The molecule has 0 unspecified atom stereocenters. The molecule has 2 rings (SSSR count). The first-order chi connectivity index (χ1) is 9.54. The van der Waals surface area contributed by atoms with Crippen LogP contribution in [0.25, 0.3) is 0 Å². The van der Waals surface area contributed by atoms with Crippen LogP contribution in [0, 0.1) is 6.92 Å². The maximum absolute atomic E-state index is 12.2. The summed E-state index contributed by atoms with van der Waals surface area (Å²) in [5.41, 5.74) is 2.25. The van der Waals surface area contributed by atoms with Crippen molar-refractivity contribution in [3.8, 4) is 0 Å². The number of carbonyl (C=O) groups is 2. The first-order valence-corrected chi connectivity index (χ1v) is 7.15. The van der Waals surface area contributed by atoms with E-state index in [-0.39, 0.29) is 17.9 Å². The van der Waals surface area contributed by atoms with Gasteiger partial charge in [-0.05, 0) is 25.3 Å². The van der Waals surface area contributed by atoms with Gasteiger partial charge in [-0.25, -0.2) is 0 Å². The summed E-state index contributed by atoms with van der Waals surface area (Å²) in [5, 5.41) is 2.92. The highest BCUT2D eigenvalue weighted by atomic mass is 16.2. The summed E-state index contributed by atoms with van der Waals surface area (Å²) >= 11 is 0. The van der Waals surface area contributed by atoms with E-state index in [9.17, 15) is 9.59 Å². The van der Waals surface area contributed by atoms with E-state index in [1.165, 1.54) is 12.5 Å². The van der Waals surface area contributed by atoms with Crippen molar-refractivity contribution in [3.63, 3.8) is 0 Å². The Morgan fingerprint density at radius 3 is 2.60 bits per heavy atom. The largest absolute Gasteiger partial charge is 0.353 e. The van der Waals surface area contributed by atoms with Crippen LogP contribution in [-0.2, 0) is 16.0 Å². The molecule has 0 bridgehead atoms. The molecule has 1 saturated heterocycles. The van der Waals surface area contributed by atoms with E-state index in [0.717, 1.165) is 31.5 Å². The van der Waals surface area contributed by atoms with Crippen LogP contribution in [0.4, 0.5) is 0 Å². The summed E-state index contributed by atoms with van der Waals surface area (Å²) in [6, 6.07) is 8.29. The van der Waals surface area contributed by atoms with E-state index in [4.69, 9.17) is 0 Å². The van der Waals surface area contributed by atoms with Gasteiger partial charge in [0, 0.05) is 26.1 Å². The molecule has 1 aromatic rings. The molecule has 0 spiro atoms. The molecule has 4 nitrogen and oxygen atoms in total. The van der Waals surface area contributed by atoms with Gasteiger partial charge in [0.2, 0.25) is 11.8 Å². The number of piperidine rings is 1. The minimum atomic E-state index is 0.00883. The lowest BCUT2D eigenvalue weighted by Crippen LogP contribution is -2.46. The second kappa shape index (κ2) is 6.55. The fourth-order valence-electron chi connectivity index (χ4n) is 2.67. The zero-order valence-corrected chi connectivity index (χ0v) is 12.2. The lowest BCUT2D eigenvalue weighted by Gasteiger charge is -2.32. The molecule has 2 amide bonds. The number of amides is 2. The van der Waals surface area contributed by atoms with Crippen molar-refractivity contribution in [1.82, 2.24) is 10.2 Å². The Hall–Kier alpha value is -1.84. The van der Waals surface area contributed by atoms with E-state index >= 15 is 0 Å². The average molecular weight is 274 g/mol. The summed E-state index contributed by atoms with van der Waals surface area (Å²) in [5.74, 6) is 0.186. The molecule has 1 aliphatic rings. The summed E-state index contributed by atoms with van der Waals surface area (Å²) < 4.78 is 0. The molecule has 1 heterocycles. The lowest BCUT2D eigenvalue weighted by molar-refractivity contribution is -0.131. The highest BCUT2D eigenvalue weighted by Crippen LogP contribution is 2.13. The topological polar surface area (TPSA) is 49.4 Å². The van der Waals surface area contributed by atoms with Gasteiger partial charge in [0.15, 0.2) is 0 Å². The van der Waals surface area contributed by atoms with Crippen molar-refractivity contribution in [1.29, 1.82) is 0 Å². The quantitative estimate of drug-likeness (QED) is 0.911. The van der Waals surface area contributed by atoms with Crippen LogP contribution in [0.5, 0.6) is 0 Å². The van der Waals surface area contributed by atoms with Crippen LogP contribution in [0.3, 0.4) is 0 Å². The number of hydrogen-bond donors (Lipinski definition) is 1. The van der Waals surface area contributed by atoms with Crippen molar-refractivity contribution in [2.24, 2.45) is 0 Å². The first-order valence-electron chi connectivity index (χ1n) is 7.15. The average Bonchev–Trinajstić information content (AvgIpc) is 2.38. The molecule has 4 heteroatoms. The lowest BCUT2D eigenvalue weighted by atomic mass is 10.0. The zero-order valence-electron chi connectivity index (χ0n) is 12.2. The van der Waals surface area contributed by atoms with Crippen molar-refractivity contribution in [3.05, 3.63) is 35.4 Å². The minimum absolute atomic E-state index is 0.00883. The number of nitrogens with one attached hydrogen (secondary N) is 1. The predicted molar refractivity (Wildman–Crippen MR) is 78.3 cm³/mol. The smallest absolute Gasteiger partial charge is 0.226 e. The normalized spacial score (nSPS) is 16.0. The van der Waals surface area contributed by atoms with Gasteiger partial charge >= 0.3 is 0 Å². The second-order valence-electron chi connectivity index (χ2n) is 5.52. The zero-order chi connectivity index (χ0) is 14.5. The number of likely N-dealkylation sites (tertiary alicyclic amines) is 1. The summed E-state index contributed by atoms with van der Waals surface area (Å²) in [6.45, 7) is 5.04. The fraction of sp³-hybridized carbons (Fsp3) is 0.500. The Bertz CT molecular complexity index is 491. The summed E-state index contributed by atoms with van der Waals surface area (Å²) in [4.78, 5) is 25.2. The summed E-state index contributed by atoms with van der Waals surface area (Å²) in [7, 11) is 0. The van der Waals surface area contributed by atoms with Crippen LogP contribution < -0.4 is 5.32 Å².